The highest BCUT2D eigenvalue weighted by Gasteiger charge is 2.18. The average molecular weight is 250 g/mol. The first-order chi connectivity index (χ1) is 7.89. The molecule has 0 aliphatic rings. The Morgan fingerprint density at radius 1 is 1.41 bits per heavy atom. The van der Waals surface area contributed by atoms with Crippen LogP contribution in [-0.2, 0) is 16.4 Å². The first kappa shape index (κ1) is 11.9. The lowest BCUT2D eigenvalue weighted by Crippen LogP contribution is -2.09. The van der Waals surface area contributed by atoms with E-state index < -0.39 is 9.84 Å². The van der Waals surface area contributed by atoms with E-state index in [1.807, 2.05) is 25.1 Å². The summed E-state index contributed by atoms with van der Waals surface area (Å²) < 4.78 is 25.1. The van der Waals surface area contributed by atoms with Crippen LogP contribution in [0.1, 0.15) is 6.92 Å². The van der Waals surface area contributed by atoms with Gasteiger partial charge < -0.3 is 4.57 Å². The van der Waals surface area contributed by atoms with Crippen LogP contribution in [0.25, 0.3) is 11.0 Å². The van der Waals surface area contributed by atoms with Crippen molar-refractivity contribution < 1.29 is 8.42 Å². The van der Waals surface area contributed by atoms with E-state index in [4.69, 9.17) is 0 Å². The molecule has 0 saturated heterocycles. The van der Waals surface area contributed by atoms with Crippen LogP contribution < -0.4 is 0 Å². The molecule has 1 heterocycles. The molecule has 0 aliphatic heterocycles. The monoisotopic (exact) mass is 250 g/mol. The first-order valence-electron chi connectivity index (χ1n) is 5.19. The van der Waals surface area contributed by atoms with Gasteiger partial charge in [0.15, 0.2) is 0 Å². The number of allylic oxidation sites excluding steroid dienone is 1. The standard InChI is InChI=1S/C12H14N2O2S/c1-9(2)8-14-11-7-5-4-6-10(11)13-12(14)17(3,15)16/h4-7H,1,8H2,2-3H3. The molecule has 0 saturated carbocycles. The number of rotatable bonds is 3. The maximum Gasteiger partial charge on any atom is 0.228 e. The molecule has 0 fully saturated rings. The Morgan fingerprint density at radius 2 is 2.06 bits per heavy atom. The zero-order valence-corrected chi connectivity index (χ0v) is 10.7. The van der Waals surface area contributed by atoms with Gasteiger partial charge in [0.25, 0.3) is 0 Å². The topological polar surface area (TPSA) is 52.0 Å². The number of benzene rings is 1. The van der Waals surface area contributed by atoms with E-state index in [9.17, 15) is 8.42 Å². The number of aromatic nitrogens is 2. The molecule has 90 valence electrons. The van der Waals surface area contributed by atoms with Gasteiger partial charge in [-0.05, 0) is 19.1 Å². The van der Waals surface area contributed by atoms with Crippen molar-refractivity contribution in [2.75, 3.05) is 6.26 Å². The summed E-state index contributed by atoms with van der Waals surface area (Å²) in [6.07, 6.45) is 1.17. The Hall–Kier alpha value is -1.62. The Morgan fingerprint density at radius 3 is 2.65 bits per heavy atom. The molecule has 1 aromatic carbocycles. The summed E-state index contributed by atoms with van der Waals surface area (Å²) in [7, 11) is -3.33. The molecule has 0 unspecified atom stereocenters. The zero-order valence-electron chi connectivity index (χ0n) is 9.84. The van der Waals surface area contributed by atoms with E-state index in [0.29, 0.717) is 12.1 Å². The van der Waals surface area contributed by atoms with Crippen molar-refractivity contribution in [2.24, 2.45) is 0 Å². The predicted octanol–water partition coefficient (Wildman–Crippen LogP) is 2.02. The third-order valence-corrected chi connectivity index (χ3v) is 3.35. The van der Waals surface area contributed by atoms with Crippen molar-refractivity contribution in [1.29, 1.82) is 0 Å². The van der Waals surface area contributed by atoms with Crippen LogP contribution >= 0.6 is 0 Å². The zero-order chi connectivity index (χ0) is 12.6. The maximum atomic E-state index is 11.7. The number of fused-ring (bicyclic) bond motifs is 1. The van der Waals surface area contributed by atoms with Crippen LogP contribution in [0.15, 0.2) is 41.6 Å². The van der Waals surface area contributed by atoms with Gasteiger partial charge in [0.1, 0.15) is 0 Å². The summed E-state index contributed by atoms with van der Waals surface area (Å²) in [5, 5.41) is 0.0988. The van der Waals surface area contributed by atoms with Crippen molar-refractivity contribution >= 4 is 20.9 Å². The normalized spacial score (nSPS) is 11.9. The fraction of sp³-hybridized carbons (Fsp3) is 0.250. The highest BCUT2D eigenvalue weighted by molar-refractivity contribution is 7.90. The van der Waals surface area contributed by atoms with Gasteiger partial charge in [0.2, 0.25) is 15.0 Å². The number of hydrogen-bond donors (Lipinski definition) is 0. The molecule has 1 aromatic heterocycles. The number of imidazole rings is 1. The van der Waals surface area contributed by atoms with Gasteiger partial charge in [-0.1, -0.05) is 24.3 Å². The van der Waals surface area contributed by atoms with E-state index in [0.717, 1.165) is 11.1 Å². The highest BCUT2D eigenvalue weighted by Crippen LogP contribution is 2.20. The molecule has 0 amide bonds. The van der Waals surface area contributed by atoms with Crippen molar-refractivity contribution in [3.63, 3.8) is 0 Å². The summed E-state index contributed by atoms with van der Waals surface area (Å²) in [4.78, 5) is 4.17. The summed E-state index contributed by atoms with van der Waals surface area (Å²) in [5.41, 5.74) is 2.39. The molecule has 5 heteroatoms. The van der Waals surface area contributed by atoms with Crippen molar-refractivity contribution in [3.8, 4) is 0 Å². The van der Waals surface area contributed by atoms with E-state index in [2.05, 4.69) is 11.6 Å². The second-order valence-electron chi connectivity index (χ2n) is 4.20. The molecule has 0 radical (unpaired) electrons. The second kappa shape index (κ2) is 4.00. The second-order valence-corrected chi connectivity index (χ2v) is 6.11. The van der Waals surface area contributed by atoms with Crippen LogP contribution in [0.5, 0.6) is 0 Å². The van der Waals surface area contributed by atoms with E-state index in [1.54, 1.807) is 10.6 Å². The number of para-hydroxylation sites is 2. The molecule has 0 N–H and O–H groups in total. The van der Waals surface area contributed by atoms with Crippen LogP contribution in [-0.4, -0.2) is 24.2 Å². The maximum absolute atomic E-state index is 11.7. The van der Waals surface area contributed by atoms with E-state index in [-0.39, 0.29) is 5.16 Å². The molecule has 0 bridgehead atoms. The van der Waals surface area contributed by atoms with E-state index >= 15 is 0 Å². The van der Waals surface area contributed by atoms with Crippen LogP contribution in [0.2, 0.25) is 0 Å². The lowest BCUT2D eigenvalue weighted by atomic mass is 10.3. The molecular formula is C12H14N2O2S. The molecule has 0 atom stereocenters. The smallest absolute Gasteiger partial charge is 0.228 e. The Balaban J connectivity index is 2.78. The van der Waals surface area contributed by atoms with Crippen LogP contribution in [0, 0.1) is 0 Å². The summed E-state index contributed by atoms with van der Waals surface area (Å²) in [6.45, 7) is 6.14. The molecule has 0 spiro atoms. The molecule has 2 rings (SSSR count). The van der Waals surface area contributed by atoms with E-state index in [1.165, 1.54) is 6.26 Å². The Kier molecular flexibility index (Phi) is 2.79. The summed E-state index contributed by atoms with van der Waals surface area (Å²) in [5.74, 6) is 0. The third-order valence-electron chi connectivity index (χ3n) is 2.38. The fourth-order valence-electron chi connectivity index (χ4n) is 1.76. The lowest BCUT2D eigenvalue weighted by Gasteiger charge is -2.07. The van der Waals surface area contributed by atoms with Crippen molar-refractivity contribution in [1.82, 2.24) is 9.55 Å². The van der Waals surface area contributed by atoms with Gasteiger partial charge in [-0.15, -0.1) is 0 Å². The molecule has 0 aliphatic carbocycles. The number of sulfone groups is 1. The first-order valence-corrected chi connectivity index (χ1v) is 7.08. The largest absolute Gasteiger partial charge is 0.311 e. The molecule has 17 heavy (non-hydrogen) atoms. The SMILES string of the molecule is C=C(C)Cn1c(S(C)(=O)=O)nc2ccccc21. The third kappa shape index (κ3) is 2.24. The highest BCUT2D eigenvalue weighted by atomic mass is 32.2. The van der Waals surface area contributed by atoms with Gasteiger partial charge in [-0.2, -0.15) is 0 Å². The fourth-order valence-corrected chi connectivity index (χ4v) is 2.59. The summed E-state index contributed by atoms with van der Waals surface area (Å²) in [6, 6.07) is 7.37. The minimum atomic E-state index is -3.33. The minimum absolute atomic E-state index is 0.0988. The number of nitrogens with zero attached hydrogens (tertiary/aromatic N) is 2. The van der Waals surface area contributed by atoms with Crippen LogP contribution in [0.4, 0.5) is 0 Å². The predicted molar refractivity (Wildman–Crippen MR) is 67.7 cm³/mol. The Labute approximate surface area is 101 Å². The van der Waals surface area contributed by atoms with Gasteiger partial charge in [-0.3, -0.25) is 0 Å². The van der Waals surface area contributed by atoms with Gasteiger partial charge in [0, 0.05) is 12.8 Å². The minimum Gasteiger partial charge on any atom is -0.311 e. The quantitative estimate of drug-likeness (QED) is 0.783. The summed E-state index contributed by atoms with van der Waals surface area (Å²) >= 11 is 0. The number of hydrogen-bond acceptors (Lipinski definition) is 3. The Bertz CT molecular complexity index is 684. The molecular weight excluding hydrogens is 236 g/mol. The molecule has 2 aromatic rings. The van der Waals surface area contributed by atoms with Crippen molar-refractivity contribution in [2.45, 2.75) is 18.6 Å². The van der Waals surface area contributed by atoms with Crippen molar-refractivity contribution in [3.05, 3.63) is 36.4 Å². The van der Waals surface area contributed by atoms with Gasteiger partial charge in [-0.25, -0.2) is 13.4 Å². The molecule has 4 nitrogen and oxygen atoms in total. The van der Waals surface area contributed by atoms with Crippen LogP contribution in [0.3, 0.4) is 0 Å². The average Bonchev–Trinajstić information content (AvgIpc) is 2.56. The lowest BCUT2D eigenvalue weighted by molar-refractivity contribution is 0.580. The van der Waals surface area contributed by atoms with Gasteiger partial charge >= 0.3 is 0 Å². The van der Waals surface area contributed by atoms with Gasteiger partial charge in [0.05, 0.1) is 11.0 Å².